The lowest BCUT2D eigenvalue weighted by atomic mass is 10.4. The predicted molar refractivity (Wildman–Crippen MR) is 78.8 cm³/mol. The van der Waals surface area contributed by atoms with E-state index in [-0.39, 0.29) is 18.1 Å². The molecule has 8 heteroatoms. The molecule has 0 fully saturated rings. The standard InChI is InChI=1S/C13H20N6O2/c1-4-19(8-10-6-5-7-20-10)12-15-11(18-14)16-13(17-12)21-9(2)3/h5-7,9H,4,8,14H2,1-3H3,(H,15,16,17,18). The highest BCUT2D eigenvalue weighted by atomic mass is 16.5. The second-order valence-electron chi connectivity index (χ2n) is 4.65. The molecule has 0 aliphatic carbocycles. The van der Waals surface area contributed by atoms with Crippen LogP contribution in [-0.2, 0) is 6.54 Å². The Hall–Kier alpha value is -2.35. The van der Waals surface area contributed by atoms with Crippen LogP contribution in [0, 0.1) is 0 Å². The number of rotatable bonds is 7. The van der Waals surface area contributed by atoms with Gasteiger partial charge in [-0.2, -0.15) is 15.0 Å². The molecule has 2 aromatic heterocycles. The molecule has 2 aromatic rings. The number of nitrogens with two attached hydrogens (primary N) is 1. The molecule has 0 aliphatic rings. The van der Waals surface area contributed by atoms with Crippen LogP contribution in [0.4, 0.5) is 11.9 Å². The number of hydrogen-bond acceptors (Lipinski definition) is 8. The zero-order valence-electron chi connectivity index (χ0n) is 12.4. The van der Waals surface area contributed by atoms with Crippen LogP contribution in [-0.4, -0.2) is 27.6 Å². The second kappa shape index (κ2) is 6.89. The highest BCUT2D eigenvalue weighted by Gasteiger charge is 2.15. The van der Waals surface area contributed by atoms with Crippen molar-refractivity contribution in [3.63, 3.8) is 0 Å². The minimum Gasteiger partial charge on any atom is -0.467 e. The molecule has 3 N–H and O–H groups in total. The van der Waals surface area contributed by atoms with Gasteiger partial charge in [0.1, 0.15) is 5.76 Å². The van der Waals surface area contributed by atoms with Crippen LogP contribution < -0.4 is 20.9 Å². The first-order chi connectivity index (χ1) is 10.1. The number of nitrogen functional groups attached to an aromatic ring is 1. The van der Waals surface area contributed by atoms with Crippen molar-refractivity contribution in [2.24, 2.45) is 5.84 Å². The van der Waals surface area contributed by atoms with Crippen LogP contribution in [0.1, 0.15) is 26.5 Å². The van der Waals surface area contributed by atoms with Crippen LogP contribution in [0.25, 0.3) is 0 Å². The molecule has 0 saturated heterocycles. The van der Waals surface area contributed by atoms with Gasteiger partial charge in [0.2, 0.25) is 11.9 Å². The molecule has 0 spiro atoms. The SMILES string of the molecule is CCN(Cc1ccco1)c1nc(NN)nc(OC(C)C)n1. The zero-order chi connectivity index (χ0) is 15.2. The van der Waals surface area contributed by atoms with E-state index in [9.17, 15) is 0 Å². The quantitative estimate of drug-likeness (QED) is 0.585. The largest absolute Gasteiger partial charge is 0.467 e. The highest BCUT2D eigenvalue weighted by Crippen LogP contribution is 2.17. The lowest BCUT2D eigenvalue weighted by molar-refractivity contribution is 0.222. The summed E-state index contributed by atoms with van der Waals surface area (Å²) in [4.78, 5) is 14.6. The number of aromatic nitrogens is 3. The minimum atomic E-state index is -0.0361. The van der Waals surface area contributed by atoms with Gasteiger partial charge >= 0.3 is 6.01 Å². The molecular formula is C13H20N6O2. The fourth-order valence-corrected chi connectivity index (χ4v) is 1.73. The second-order valence-corrected chi connectivity index (χ2v) is 4.65. The van der Waals surface area contributed by atoms with Gasteiger partial charge in [-0.3, -0.25) is 5.43 Å². The molecule has 0 bridgehead atoms. The first kappa shape index (κ1) is 15.0. The molecule has 0 saturated carbocycles. The van der Waals surface area contributed by atoms with E-state index in [4.69, 9.17) is 15.0 Å². The Morgan fingerprint density at radius 1 is 1.38 bits per heavy atom. The molecular weight excluding hydrogens is 272 g/mol. The predicted octanol–water partition coefficient (Wildman–Crippen LogP) is 1.56. The van der Waals surface area contributed by atoms with Gasteiger partial charge in [-0.05, 0) is 32.9 Å². The first-order valence-electron chi connectivity index (χ1n) is 6.79. The number of hydrogen-bond donors (Lipinski definition) is 2. The van der Waals surface area contributed by atoms with E-state index < -0.39 is 0 Å². The van der Waals surface area contributed by atoms with Gasteiger partial charge in [0.05, 0.1) is 18.9 Å². The molecule has 2 rings (SSSR count). The molecule has 0 atom stereocenters. The van der Waals surface area contributed by atoms with Crippen molar-refractivity contribution in [2.45, 2.75) is 33.4 Å². The van der Waals surface area contributed by atoms with Gasteiger partial charge in [-0.25, -0.2) is 5.84 Å². The number of nitrogens with one attached hydrogen (secondary N) is 1. The number of hydrazine groups is 1. The van der Waals surface area contributed by atoms with E-state index in [0.29, 0.717) is 19.0 Å². The summed E-state index contributed by atoms with van der Waals surface area (Å²) in [5, 5.41) is 0. The maximum atomic E-state index is 5.52. The molecule has 0 radical (unpaired) electrons. The topological polar surface area (TPSA) is 102 Å². The van der Waals surface area contributed by atoms with E-state index >= 15 is 0 Å². The average Bonchev–Trinajstić information content (AvgIpc) is 2.96. The summed E-state index contributed by atoms with van der Waals surface area (Å²) >= 11 is 0. The van der Waals surface area contributed by atoms with Gasteiger partial charge in [0, 0.05) is 6.54 Å². The third-order valence-electron chi connectivity index (χ3n) is 2.66. The van der Waals surface area contributed by atoms with Crippen LogP contribution in [0.3, 0.4) is 0 Å². The van der Waals surface area contributed by atoms with Gasteiger partial charge in [-0.1, -0.05) is 0 Å². The average molecular weight is 292 g/mol. The van der Waals surface area contributed by atoms with Gasteiger partial charge in [-0.15, -0.1) is 0 Å². The fraction of sp³-hybridized carbons (Fsp3) is 0.462. The Kier molecular flexibility index (Phi) is 4.94. The minimum absolute atomic E-state index is 0.0361. The van der Waals surface area contributed by atoms with E-state index in [1.165, 1.54) is 0 Å². The van der Waals surface area contributed by atoms with Crippen molar-refractivity contribution in [2.75, 3.05) is 16.9 Å². The molecule has 114 valence electrons. The van der Waals surface area contributed by atoms with Crippen LogP contribution >= 0.6 is 0 Å². The molecule has 0 unspecified atom stereocenters. The van der Waals surface area contributed by atoms with Crippen molar-refractivity contribution in [3.8, 4) is 6.01 Å². The van der Waals surface area contributed by atoms with E-state index in [2.05, 4.69) is 20.4 Å². The number of nitrogens with zero attached hydrogens (tertiary/aromatic N) is 4. The Balaban J connectivity index is 2.26. The van der Waals surface area contributed by atoms with Crippen LogP contribution in [0.5, 0.6) is 6.01 Å². The smallest absolute Gasteiger partial charge is 0.323 e. The zero-order valence-corrected chi connectivity index (χ0v) is 12.4. The third kappa shape index (κ3) is 4.06. The third-order valence-corrected chi connectivity index (χ3v) is 2.66. The van der Waals surface area contributed by atoms with Crippen LogP contribution in [0.2, 0.25) is 0 Å². The molecule has 0 aliphatic heterocycles. The molecule has 0 aromatic carbocycles. The van der Waals surface area contributed by atoms with Gasteiger partial charge in [0.15, 0.2) is 0 Å². The van der Waals surface area contributed by atoms with E-state index in [0.717, 1.165) is 5.76 Å². The summed E-state index contributed by atoms with van der Waals surface area (Å²) in [5.74, 6) is 6.96. The number of ether oxygens (including phenoxy) is 1. The monoisotopic (exact) mass is 292 g/mol. The van der Waals surface area contributed by atoms with Crippen molar-refractivity contribution in [1.29, 1.82) is 0 Å². The van der Waals surface area contributed by atoms with Crippen molar-refractivity contribution in [1.82, 2.24) is 15.0 Å². The Morgan fingerprint density at radius 3 is 2.76 bits per heavy atom. The summed E-state index contributed by atoms with van der Waals surface area (Å²) in [6, 6.07) is 3.98. The lowest BCUT2D eigenvalue weighted by Crippen LogP contribution is -2.26. The van der Waals surface area contributed by atoms with Crippen molar-refractivity contribution >= 4 is 11.9 Å². The Morgan fingerprint density at radius 2 is 2.19 bits per heavy atom. The fourth-order valence-electron chi connectivity index (χ4n) is 1.73. The molecule has 0 amide bonds. The summed E-state index contributed by atoms with van der Waals surface area (Å²) in [6.07, 6.45) is 1.60. The maximum Gasteiger partial charge on any atom is 0.323 e. The first-order valence-corrected chi connectivity index (χ1v) is 6.79. The maximum absolute atomic E-state index is 5.52. The molecule has 2 heterocycles. The summed E-state index contributed by atoms with van der Waals surface area (Å²) < 4.78 is 10.9. The Labute approximate surface area is 123 Å². The van der Waals surface area contributed by atoms with Gasteiger partial charge < -0.3 is 14.1 Å². The molecule has 21 heavy (non-hydrogen) atoms. The summed E-state index contributed by atoms with van der Waals surface area (Å²) in [6.45, 7) is 7.07. The normalized spacial score (nSPS) is 10.7. The summed E-state index contributed by atoms with van der Waals surface area (Å²) in [5.41, 5.74) is 2.43. The van der Waals surface area contributed by atoms with E-state index in [1.807, 2.05) is 37.8 Å². The van der Waals surface area contributed by atoms with Crippen molar-refractivity contribution in [3.05, 3.63) is 24.2 Å². The lowest BCUT2D eigenvalue weighted by Gasteiger charge is -2.20. The van der Waals surface area contributed by atoms with E-state index in [1.54, 1.807) is 6.26 Å². The van der Waals surface area contributed by atoms with Crippen LogP contribution in [0.15, 0.2) is 22.8 Å². The Bertz CT molecular complexity index is 558. The van der Waals surface area contributed by atoms with Crippen molar-refractivity contribution < 1.29 is 9.15 Å². The summed E-state index contributed by atoms with van der Waals surface area (Å²) in [7, 11) is 0. The van der Waals surface area contributed by atoms with Gasteiger partial charge in [0.25, 0.3) is 0 Å². The number of anilines is 2. The highest BCUT2D eigenvalue weighted by molar-refractivity contribution is 5.38. The number of furan rings is 1. The molecule has 8 nitrogen and oxygen atoms in total.